The Bertz CT molecular complexity index is 390. The molecule has 0 saturated carbocycles. The highest BCUT2D eigenvalue weighted by Crippen LogP contribution is 2.38. The first-order chi connectivity index (χ1) is 8.11. The standard InChI is InChI=1S/C14H22N2O/c1-14(2)13(15-3)9-10-16(14)11-7-5-6-8-12(11)17-4/h5-8,13,15H,9-10H2,1-4H3. The molecule has 17 heavy (non-hydrogen) atoms. The van der Waals surface area contributed by atoms with Gasteiger partial charge in [-0.15, -0.1) is 0 Å². The van der Waals surface area contributed by atoms with Crippen LogP contribution in [0.25, 0.3) is 0 Å². The zero-order valence-corrected chi connectivity index (χ0v) is 11.2. The first kappa shape index (κ1) is 12.2. The smallest absolute Gasteiger partial charge is 0.142 e. The van der Waals surface area contributed by atoms with Crippen molar-refractivity contribution in [3.05, 3.63) is 24.3 Å². The topological polar surface area (TPSA) is 24.5 Å². The fourth-order valence-corrected chi connectivity index (χ4v) is 2.87. The second-order valence-corrected chi connectivity index (χ2v) is 5.11. The number of nitrogens with one attached hydrogen (secondary N) is 1. The van der Waals surface area contributed by atoms with E-state index in [9.17, 15) is 0 Å². The van der Waals surface area contributed by atoms with Gasteiger partial charge in [0.15, 0.2) is 0 Å². The second kappa shape index (κ2) is 4.57. The van der Waals surface area contributed by atoms with Gasteiger partial charge in [0.1, 0.15) is 5.75 Å². The lowest BCUT2D eigenvalue weighted by atomic mass is 9.95. The molecule has 0 radical (unpaired) electrons. The third-order valence-electron chi connectivity index (χ3n) is 3.91. The summed E-state index contributed by atoms with van der Waals surface area (Å²) in [6.07, 6.45) is 1.17. The third-order valence-corrected chi connectivity index (χ3v) is 3.91. The number of likely N-dealkylation sites (N-methyl/N-ethyl adjacent to an activating group) is 1. The van der Waals surface area contributed by atoms with Crippen molar-refractivity contribution in [1.29, 1.82) is 0 Å². The van der Waals surface area contributed by atoms with E-state index >= 15 is 0 Å². The van der Waals surface area contributed by atoms with Crippen molar-refractivity contribution in [3.8, 4) is 5.75 Å². The van der Waals surface area contributed by atoms with Gasteiger partial charge in [0.05, 0.1) is 18.3 Å². The van der Waals surface area contributed by atoms with Gasteiger partial charge in [0.25, 0.3) is 0 Å². The van der Waals surface area contributed by atoms with Crippen molar-refractivity contribution in [2.24, 2.45) is 0 Å². The number of ether oxygens (including phenoxy) is 1. The minimum absolute atomic E-state index is 0.114. The fourth-order valence-electron chi connectivity index (χ4n) is 2.87. The van der Waals surface area contributed by atoms with Crippen LogP contribution >= 0.6 is 0 Å². The van der Waals surface area contributed by atoms with Crippen LogP contribution in [-0.4, -0.2) is 32.3 Å². The average Bonchev–Trinajstić information content (AvgIpc) is 2.63. The summed E-state index contributed by atoms with van der Waals surface area (Å²) >= 11 is 0. The summed E-state index contributed by atoms with van der Waals surface area (Å²) in [4.78, 5) is 2.44. The molecule has 1 aromatic carbocycles. The summed E-state index contributed by atoms with van der Waals surface area (Å²) in [5.74, 6) is 0.956. The molecule has 0 bridgehead atoms. The van der Waals surface area contributed by atoms with E-state index < -0.39 is 0 Å². The molecule has 1 atom stereocenters. The summed E-state index contributed by atoms with van der Waals surface area (Å²) in [6, 6.07) is 8.77. The van der Waals surface area contributed by atoms with E-state index in [-0.39, 0.29) is 5.54 Å². The molecule has 1 saturated heterocycles. The molecule has 1 fully saturated rings. The molecule has 1 aliphatic heterocycles. The van der Waals surface area contributed by atoms with Gasteiger partial charge >= 0.3 is 0 Å². The fraction of sp³-hybridized carbons (Fsp3) is 0.571. The predicted molar refractivity (Wildman–Crippen MR) is 71.9 cm³/mol. The van der Waals surface area contributed by atoms with Gasteiger partial charge in [-0.2, -0.15) is 0 Å². The molecule has 1 N–H and O–H groups in total. The van der Waals surface area contributed by atoms with Gasteiger partial charge in [-0.3, -0.25) is 0 Å². The highest BCUT2D eigenvalue weighted by molar-refractivity contribution is 5.61. The van der Waals surface area contributed by atoms with Gasteiger partial charge in [-0.05, 0) is 39.4 Å². The van der Waals surface area contributed by atoms with Crippen LogP contribution in [0.15, 0.2) is 24.3 Å². The maximum atomic E-state index is 5.46. The molecular weight excluding hydrogens is 212 g/mol. The van der Waals surface area contributed by atoms with Crippen molar-refractivity contribution >= 4 is 5.69 Å². The van der Waals surface area contributed by atoms with Crippen LogP contribution in [0.2, 0.25) is 0 Å². The number of anilines is 1. The van der Waals surface area contributed by atoms with E-state index in [1.807, 2.05) is 19.2 Å². The SMILES string of the molecule is CNC1CCN(c2ccccc2OC)C1(C)C. The number of benzene rings is 1. The Kier molecular flexibility index (Phi) is 3.29. The van der Waals surface area contributed by atoms with Crippen molar-refractivity contribution in [3.63, 3.8) is 0 Å². The monoisotopic (exact) mass is 234 g/mol. The maximum absolute atomic E-state index is 5.46. The summed E-state index contributed by atoms with van der Waals surface area (Å²) in [7, 11) is 3.77. The highest BCUT2D eigenvalue weighted by atomic mass is 16.5. The Balaban J connectivity index is 2.35. The Morgan fingerprint density at radius 3 is 2.65 bits per heavy atom. The molecule has 2 rings (SSSR count). The lowest BCUT2D eigenvalue weighted by molar-refractivity contribution is 0.389. The first-order valence-corrected chi connectivity index (χ1v) is 6.19. The molecule has 1 aliphatic rings. The quantitative estimate of drug-likeness (QED) is 0.868. The van der Waals surface area contributed by atoms with Crippen molar-refractivity contribution in [2.45, 2.75) is 31.8 Å². The predicted octanol–water partition coefficient (Wildman–Crippen LogP) is 2.27. The molecule has 1 unspecified atom stereocenters. The van der Waals surface area contributed by atoms with Crippen LogP contribution in [0, 0.1) is 0 Å². The van der Waals surface area contributed by atoms with Crippen LogP contribution in [0.4, 0.5) is 5.69 Å². The molecule has 94 valence electrons. The zero-order chi connectivity index (χ0) is 12.5. The van der Waals surface area contributed by atoms with Gasteiger partial charge in [-0.25, -0.2) is 0 Å². The molecule has 1 aromatic rings. The van der Waals surface area contributed by atoms with Gasteiger partial charge in [0, 0.05) is 12.6 Å². The second-order valence-electron chi connectivity index (χ2n) is 5.11. The molecule has 3 heteroatoms. The van der Waals surface area contributed by atoms with Gasteiger partial charge in [0.2, 0.25) is 0 Å². The van der Waals surface area contributed by atoms with Crippen LogP contribution in [-0.2, 0) is 0 Å². The van der Waals surface area contributed by atoms with Crippen molar-refractivity contribution in [2.75, 3.05) is 25.6 Å². The molecule has 0 spiro atoms. The molecule has 1 heterocycles. The number of nitrogens with zero attached hydrogens (tertiary/aromatic N) is 1. The number of rotatable bonds is 3. The van der Waals surface area contributed by atoms with Gasteiger partial charge < -0.3 is 15.0 Å². The molecule has 0 amide bonds. The molecular formula is C14H22N2O. The lowest BCUT2D eigenvalue weighted by Crippen LogP contribution is -2.50. The summed E-state index contributed by atoms with van der Waals surface area (Å²) < 4.78 is 5.46. The van der Waals surface area contributed by atoms with Crippen LogP contribution < -0.4 is 15.0 Å². The Hall–Kier alpha value is -1.22. The van der Waals surface area contributed by atoms with E-state index in [2.05, 4.69) is 36.2 Å². The maximum Gasteiger partial charge on any atom is 0.142 e. The molecule has 3 nitrogen and oxygen atoms in total. The Morgan fingerprint density at radius 2 is 2.06 bits per heavy atom. The Morgan fingerprint density at radius 1 is 1.35 bits per heavy atom. The minimum Gasteiger partial charge on any atom is -0.495 e. The number of hydrogen-bond donors (Lipinski definition) is 1. The van der Waals surface area contributed by atoms with Crippen LogP contribution in [0.5, 0.6) is 5.75 Å². The number of hydrogen-bond acceptors (Lipinski definition) is 3. The van der Waals surface area contributed by atoms with Gasteiger partial charge in [-0.1, -0.05) is 12.1 Å². The molecule has 0 aromatic heterocycles. The number of para-hydroxylation sites is 2. The largest absolute Gasteiger partial charge is 0.495 e. The minimum atomic E-state index is 0.114. The highest BCUT2D eigenvalue weighted by Gasteiger charge is 2.41. The van der Waals surface area contributed by atoms with Crippen molar-refractivity contribution < 1.29 is 4.74 Å². The van der Waals surface area contributed by atoms with Crippen LogP contribution in [0.3, 0.4) is 0 Å². The normalized spacial score (nSPS) is 22.8. The number of methoxy groups -OCH3 is 1. The zero-order valence-electron chi connectivity index (χ0n) is 11.2. The lowest BCUT2D eigenvalue weighted by Gasteiger charge is -2.38. The Labute approximate surface area is 104 Å². The summed E-state index contributed by atoms with van der Waals surface area (Å²) in [5.41, 5.74) is 1.31. The van der Waals surface area contributed by atoms with E-state index in [1.165, 1.54) is 12.1 Å². The summed E-state index contributed by atoms with van der Waals surface area (Å²) in [5, 5.41) is 3.41. The van der Waals surface area contributed by atoms with Crippen molar-refractivity contribution in [1.82, 2.24) is 5.32 Å². The third kappa shape index (κ3) is 2.00. The van der Waals surface area contributed by atoms with E-state index in [1.54, 1.807) is 7.11 Å². The average molecular weight is 234 g/mol. The van der Waals surface area contributed by atoms with E-state index in [0.29, 0.717) is 6.04 Å². The van der Waals surface area contributed by atoms with E-state index in [0.717, 1.165) is 12.3 Å². The first-order valence-electron chi connectivity index (χ1n) is 6.19. The molecule has 0 aliphatic carbocycles. The van der Waals surface area contributed by atoms with E-state index in [4.69, 9.17) is 4.74 Å². The van der Waals surface area contributed by atoms with Crippen LogP contribution in [0.1, 0.15) is 20.3 Å². The summed E-state index contributed by atoms with van der Waals surface area (Å²) in [6.45, 7) is 5.64.